The van der Waals surface area contributed by atoms with Crippen molar-refractivity contribution in [2.24, 2.45) is 5.41 Å². The van der Waals surface area contributed by atoms with Gasteiger partial charge >= 0.3 is 12.3 Å². The predicted octanol–water partition coefficient (Wildman–Crippen LogP) is 6.40. The molecule has 1 saturated carbocycles. The number of halogens is 4. The minimum Gasteiger partial charge on any atom is -0.444 e. The van der Waals surface area contributed by atoms with Gasteiger partial charge in [0, 0.05) is 16.1 Å². The highest BCUT2D eigenvalue weighted by molar-refractivity contribution is 9.10. The zero-order valence-corrected chi connectivity index (χ0v) is 19.4. The van der Waals surface area contributed by atoms with Crippen molar-refractivity contribution in [3.05, 3.63) is 40.3 Å². The number of aromatic amines is 1. The summed E-state index contributed by atoms with van der Waals surface area (Å²) in [6, 6.07) is 6.54. The molecule has 1 aromatic carbocycles. The molecule has 1 amide bonds. The number of piperidine rings is 1. The molecule has 0 unspecified atom stereocenters. The van der Waals surface area contributed by atoms with Crippen LogP contribution in [0.5, 0.6) is 0 Å². The van der Waals surface area contributed by atoms with Crippen LogP contribution in [0.25, 0.3) is 11.3 Å². The number of carbonyl (C=O) groups is 1. The molecule has 0 radical (unpaired) electrons. The van der Waals surface area contributed by atoms with Gasteiger partial charge in [-0.3, -0.25) is 4.90 Å². The SMILES string of the molecule is CC(C)(C)OC(=O)N1[C@H](c2nc(-c3ccc(Br)cc3)c(CC(F)(F)F)[nH]2)C[C@@]2(C)C[C@@H]12. The first-order chi connectivity index (χ1) is 14.3. The number of carbonyl (C=O) groups excluding carboxylic acids is 1. The van der Waals surface area contributed by atoms with Crippen LogP contribution in [0.1, 0.15) is 58.1 Å². The van der Waals surface area contributed by atoms with E-state index in [2.05, 4.69) is 32.8 Å². The average molecular weight is 500 g/mol. The van der Waals surface area contributed by atoms with Crippen molar-refractivity contribution in [3.63, 3.8) is 0 Å². The Morgan fingerprint density at radius 1 is 1.26 bits per heavy atom. The summed E-state index contributed by atoms with van der Waals surface area (Å²) in [5, 5.41) is 0. The maximum absolute atomic E-state index is 13.3. The fourth-order valence-electron chi connectivity index (χ4n) is 4.35. The second-order valence-corrected chi connectivity index (χ2v) is 10.6. The molecule has 31 heavy (non-hydrogen) atoms. The number of H-pyrrole nitrogens is 1. The van der Waals surface area contributed by atoms with E-state index in [0.29, 0.717) is 17.8 Å². The third-order valence-electron chi connectivity index (χ3n) is 5.85. The fourth-order valence-corrected chi connectivity index (χ4v) is 4.62. The Morgan fingerprint density at radius 3 is 2.48 bits per heavy atom. The van der Waals surface area contributed by atoms with Crippen molar-refractivity contribution in [1.82, 2.24) is 14.9 Å². The number of hydrogen-bond donors (Lipinski definition) is 1. The minimum atomic E-state index is -4.39. The molecule has 1 N–H and O–H groups in total. The lowest BCUT2D eigenvalue weighted by molar-refractivity contribution is -0.127. The fraction of sp³-hybridized carbons (Fsp3) is 0.545. The van der Waals surface area contributed by atoms with Gasteiger partial charge in [0.25, 0.3) is 0 Å². The predicted molar refractivity (Wildman–Crippen MR) is 113 cm³/mol. The molecular weight excluding hydrogens is 475 g/mol. The molecule has 168 valence electrons. The number of likely N-dealkylation sites (tertiary alicyclic amines) is 1. The smallest absolute Gasteiger partial charge is 0.411 e. The highest BCUT2D eigenvalue weighted by Gasteiger charge is 2.64. The third kappa shape index (κ3) is 4.61. The molecule has 2 fully saturated rings. The molecular formula is C22H25BrF3N3O2. The molecule has 0 bridgehead atoms. The van der Waals surface area contributed by atoms with E-state index < -0.39 is 30.3 Å². The van der Waals surface area contributed by atoms with Gasteiger partial charge in [-0.05, 0) is 51.2 Å². The number of ether oxygens (including phenoxy) is 1. The lowest BCUT2D eigenvalue weighted by Crippen LogP contribution is -2.38. The Morgan fingerprint density at radius 2 is 1.90 bits per heavy atom. The first-order valence-electron chi connectivity index (χ1n) is 10.2. The average Bonchev–Trinajstić information content (AvgIpc) is 2.95. The van der Waals surface area contributed by atoms with Crippen LogP contribution in [-0.4, -0.2) is 38.8 Å². The summed E-state index contributed by atoms with van der Waals surface area (Å²) >= 11 is 3.34. The monoisotopic (exact) mass is 499 g/mol. The van der Waals surface area contributed by atoms with Gasteiger partial charge in [0.05, 0.1) is 23.9 Å². The van der Waals surface area contributed by atoms with Crippen molar-refractivity contribution >= 4 is 22.0 Å². The van der Waals surface area contributed by atoms with Gasteiger partial charge in [-0.1, -0.05) is 35.0 Å². The van der Waals surface area contributed by atoms with Crippen molar-refractivity contribution in [2.45, 2.75) is 70.8 Å². The van der Waals surface area contributed by atoms with E-state index in [-0.39, 0.29) is 22.8 Å². The van der Waals surface area contributed by atoms with Gasteiger partial charge in [0.1, 0.15) is 11.4 Å². The number of imidazole rings is 1. The van der Waals surface area contributed by atoms with Crippen molar-refractivity contribution in [1.29, 1.82) is 0 Å². The van der Waals surface area contributed by atoms with E-state index in [1.165, 1.54) is 0 Å². The zero-order valence-electron chi connectivity index (χ0n) is 17.8. The summed E-state index contributed by atoms with van der Waals surface area (Å²) in [5.41, 5.74) is 0.122. The Bertz CT molecular complexity index is 997. The molecule has 0 spiro atoms. The molecule has 1 saturated heterocycles. The van der Waals surface area contributed by atoms with Crippen molar-refractivity contribution < 1.29 is 22.7 Å². The molecule has 2 heterocycles. The molecule has 9 heteroatoms. The molecule has 1 aliphatic carbocycles. The maximum atomic E-state index is 13.3. The van der Waals surface area contributed by atoms with Crippen LogP contribution in [0.3, 0.4) is 0 Å². The first-order valence-corrected chi connectivity index (χ1v) is 11.0. The van der Waals surface area contributed by atoms with Crippen LogP contribution in [0, 0.1) is 5.41 Å². The Hall–Kier alpha value is -2.03. The van der Waals surface area contributed by atoms with Gasteiger partial charge in [0.15, 0.2) is 0 Å². The number of fused-ring (bicyclic) bond motifs is 1. The number of alkyl halides is 3. The second-order valence-electron chi connectivity index (χ2n) is 9.73. The summed E-state index contributed by atoms with van der Waals surface area (Å²) in [4.78, 5) is 22.1. The maximum Gasteiger partial charge on any atom is 0.411 e. The van der Waals surface area contributed by atoms with Crippen LogP contribution < -0.4 is 0 Å². The topological polar surface area (TPSA) is 58.2 Å². The number of aromatic nitrogens is 2. The Balaban J connectivity index is 1.72. The standard InChI is InChI=1S/C22H25BrF3N3O2/c1-20(2,3)31-19(30)29-15(10-21(4)11-16(21)29)18-27-14(9-22(24,25)26)17(28-18)12-5-7-13(23)8-6-12/h5-8,15-16H,9-11H2,1-4H3,(H,27,28)/t15-,16+,21-/m0/s1. The molecule has 5 nitrogen and oxygen atoms in total. The number of nitrogens with zero attached hydrogens (tertiary/aromatic N) is 2. The van der Waals surface area contributed by atoms with E-state index in [0.717, 1.165) is 10.9 Å². The Kier molecular flexibility index (Phi) is 5.19. The lowest BCUT2D eigenvalue weighted by atomic mass is 10.0. The molecule has 1 aromatic heterocycles. The molecule has 2 aromatic rings. The number of amides is 1. The Labute approximate surface area is 187 Å². The summed E-state index contributed by atoms with van der Waals surface area (Å²) in [6.45, 7) is 7.47. The minimum absolute atomic E-state index is 0.000289. The zero-order chi connectivity index (χ0) is 22.8. The largest absolute Gasteiger partial charge is 0.444 e. The van der Waals surface area contributed by atoms with Crippen LogP contribution in [-0.2, 0) is 11.2 Å². The van der Waals surface area contributed by atoms with Gasteiger partial charge in [-0.25, -0.2) is 9.78 Å². The van der Waals surface area contributed by atoms with Crippen LogP contribution in [0.2, 0.25) is 0 Å². The van der Waals surface area contributed by atoms with Crippen LogP contribution >= 0.6 is 15.9 Å². The molecule has 4 rings (SSSR count). The molecule has 3 atom stereocenters. The highest BCUT2D eigenvalue weighted by Crippen LogP contribution is 2.63. The summed E-state index contributed by atoms with van der Waals surface area (Å²) in [5.74, 6) is 0.372. The van der Waals surface area contributed by atoms with Gasteiger partial charge in [0.2, 0.25) is 0 Å². The molecule has 1 aliphatic heterocycles. The number of nitrogens with one attached hydrogen (secondary N) is 1. The van der Waals surface area contributed by atoms with E-state index in [1.54, 1.807) is 49.9 Å². The summed E-state index contributed by atoms with van der Waals surface area (Å²) in [7, 11) is 0. The number of rotatable bonds is 3. The van der Waals surface area contributed by atoms with Crippen LogP contribution in [0.15, 0.2) is 28.7 Å². The van der Waals surface area contributed by atoms with Crippen molar-refractivity contribution in [3.8, 4) is 11.3 Å². The number of benzene rings is 1. The summed E-state index contributed by atoms with van der Waals surface area (Å²) < 4.78 is 46.2. The van der Waals surface area contributed by atoms with E-state index in [4.69, 9.17) is 4.74 Å². The van der Waals surface area contributed by atoms with Gasteiger partial charge in [-0.15, -0.1) is 0 Å². The normalized spacial score (nSPS) is 25.5. The quantitative estimate of drug-likeness (QED) is 0.531. The molecule has 2 aliphatic rings. The first kappa shape index (κ1) is 22.2. The van der Waals surface area contributed by atoms with E-state index in [9.17, 15) is 18.0 Å². The van der Waals surface area contributed by atoms with Crippen LogP contribution in [0.4, 0.5) is 18.0 Å². The van der Waals surface area contributed by atoms with Crippen molar-refractivity contribution in [2.75, 3.05) is 0 Å². The highest BCUT2D eigenvalue weighted by atomic mass is 79.9. The third-order valence-corrected chi connectivity index (χ3v) is 6.38. The second kappa shape index (κ2) is 7.25. The van der Waals surface area contributed by atoms with E-state index >= 15 is 0 Å². The number of hydrogen-bond acceptors (Lipinski definition) is 3. The lowest BCUT2D eigenvalue weighted by Gasteiger charge is -2.29. The summed E-state index contributed by atoms with van der Waals surface area (Å²) in [6.07, 6.45) is -4.47. The van der Waals surface area contributed by atoms with E-state index in [1.807, 2.05) is 0 Å². The van der Waals surface area contributed by atoms with Gasteiger partial charge < -0.3 is 9.72 Å². The van der Waals surface area contributed by atoms with Gasteiger partial charge in [-0.2, -0.15) is 13.2 Å².